The van der Waals surface area contributed by atoms with Gasteiger partial charge in [-0.3, -0.25) is 9.59 Å². The van der Waals surface area contributed by atoms with Crippen molar-refractivity contribution in [3.63, 3.8) is 0 Å². The summed E-state index contributed by atoms with van der Waals surface area (Å²) < 4.78 is 4.85. The molecular weight excluding hydrogens is 262 g/mol. The van der Waals surface area contributed by atoms with Gasteiger partial charge in [0, 0.05) is 6.04 Å². The van der Waals surface area contributed by atoms with E-state index in [-0.39, 0.29) is 22.9 Å². The SMILES string of the molecule is CCOC(=O)CSC(C)C(=O)NC1CCCCC1C. The van der Waals surface area contributed by atoms with E-state index in [1.807, 2.05) is 6.92 Å². The Labute approximate surface area is 120 Å². The molecule has 0 aromatic carbocycles. The molecule has 0 radical (unpaired) electrons. The Morgan fingerprint density at radius 3 is 2.68 bits per heavy atom. The van der Waals surface area contributed by atoms with Gasteiger partial charge in [0.15, 0.2) is 0 Å². The van der Waals surface area contributed by atoms with Gasteiger partial charge >= 0.3 is 5.97 Å². The van der Waals surface area contributed by atoms with Crippen LogP contribution in [0.2, 0.25) is 0 Å². The molecule has 0 bridgehead atoms. The van der Waals surface area contributed by atoms with Crippen LogP contribution >= 0.6 is 11.8 Å². The van der Waals surface area contributed by atoms with Crippen LogP contribution in [0, 0.1) is 5.92 Å². The number of carbonyl (C=O) groups excluding carboxylic acids is 2. The van der Waals surface area contributed by atoms with Crippen molar-refractivity contribution in [3.8, 4) is 0 Å². The lowest BCUT2D eigenvalue weighted by Crippen LogP contribution is -2.44. The molecule has 1 aliphatic rings. The summed E-state index contributed by atoms with van der Waals surface area (Å²) in [5.41, 5.74) is 0. The van der Waals surface area contributed by atoms with Crippen LogP contribution in [-0.2, 0) is 14.3 Å². The van der Waals surface area contributed by atoms with Gasteiger partial charge in [0.25, 0.3) is 0 Å². The Morgan fingerprint density at radius 1 is 1.37 bits per heavy atom. The van der Waals surface area contributed by atoms with Crippen LogP contribution in [0.25, 0.3) is 0 Å². The zero-order valence-corrected chi connectivity index (χ0v) is 12.9. The minimum Gasteiger partial charge on any atom is -0.465 e. The molecule has 3 atom stereocenters. The molecule has 1 aliphatic carbocycles. The molecule has 1 N–H and O–H groups in total. The molecule has 0 aromatic heterocycles. The van der Waals surface area contributed by atoms with Crippen molar-refractivity contribution in [2.45, 2.75) is 57.7 Å². The monoisotopic (exact) mass is 287 g/mol. The summed E-state index contributed by atoms with van der Waals surface area (Å²) in [5, 5.41) is 2.90. The summed E-state index contributed by atoms with van der Waals surface area (Å²) in [5.74, 6) is 0.578. The molecule has 0 aromatic rings. The first kappa shape index (κ1) is 16.3. The van der Waals surface area contributed by atoms with E-state index < -0.39 is 0 Å². The molecule has 5 heteroatoms. The van der Waals surface area contributed by atoms with Gasteiger partial charge in [-0.1, -0.05) is 19.8 Å². The molecule has 0 spiro atoms. The van der Waals surface area contributed by atoms with Crippen molar-refractivity contribution in [1.82, 2.24) is 5.32 Å². The largest absolute Gasteiger partial charge is 0.465 e. The maximum absolute atomic E-state index is 12.0. The molecule has 0 heterocycles. The number of rotatable bonds is 6. The smallest absolute Gasteiger partial charge is 0.315 e. The zero-order chi connectivity index (χ0) is 14.3. The molecule has 19 heavy (non-hydrogen) atoms. The quantitative estimate of drug-likeness (QED) is 0.762. The molecule has 1 saturated carbocycles. The van der Waals surface area contributed by atoms with Crippen LogP contribution in [-0.4, -0.2) is 35.5 Å². The van der Waals surface area contributed by atoms with Crippen molar-refractivity contribution in [2.24, 2.45) is 5.92 Å². The highest BCUT2D eigenvalue weighted by Gasteiger charge is 2.25. The molecule has 110 valence electrons. The highest BCUT2D eigenvalue weighted by molar-refractivity contribution is 8.01. The van der Waals surface area contributed by atoms with E-state index in [2.05, 4.69) is 12.2 Å². The third kappa shape index (κ3) is 5.85. The lowest BCUT2D eigenvalue weighted by atomic mass is 9.86. The average Bonchev–Trinajstić information content (AvgIpc) is 2.39. The van der Waals surface area contributed by atoms with Crippen LogP contribution in [0.4, 0.5) is 0 Å². The van der Waals surface area contributed by atoms with Crippen LogP contribution in [0.5, 0.6) is 0 Å². The fourth-order valence-electron chi connectivity index (χ4n) is 2.30. The first-order valence-corrected chi connectivity index (χ1v) is 8.17. The first-order valence-electron chi connectivity index (χ1n) is 7.12. The highest BCUT2D eigenvalue weighted by atomic mass is 32.2. The normalized spacial score (nSPS) is 24.6. The summed E-state index contributed by atoms with van der Waals surface area (Å²) in [7, 11) is 0. The molecular formula is C14H25NO3S. The van der Waals surface area contributed by atoms with Gasteiger partial charge in [0.2, 0.25) is 5.91 Å². The van der Waals surface area contributed by atoms with Crippen molar-refractivity contribution in [3.05, 3.63) is 0 Å². The van der Waals surface area contributed by atoms with Gasteiger partial charge in [-0.25, -0.2) is 0 Å². The van der Waals surface area contributed by atoms with Gasteiger partial charge < -0.3 is 10.1 Å². The Balaban J connectivity index is 2.29. The zero-order valence-electron chi connectivity index (χ0n) is 12.1. The minimum atomic E-state index is -0.252. The number of hydrogen-bond donors (Lipinski definition) is 1. The van der Waals surface area contributed by atoms with Gasteiger partial charge in [-0.15, -0.1) is 11.8 Å². The molecule has 0 aliphatic heterocycles. The predicted molar refractivity (Wildman–Crippen MR) is 78.1 cm³/mol. The van der Waals surface area contributed by atoms with Crippen LogP contribution in [0.15, 0.2) is 0 Å². The molecule has 1 fully saturated rings. The van der Waals surface area contributed by atoms with Crippen molar-refractivity contribution in [1.29, 1.82) is 0 Å². The lowest BCUT2D eigenvalue weighted by Gasteiger charge is -2.30. The maximum atomic E-state index is 12.0. The van der Waals surface area contributed by atoms with E-state index in [1.165, 1.54) is 31.0 Å². The van der Waals surface area contributed by atoms with Crippen molar-refractivity contribution in [2.75, 3.05) is 12.4 Å². The van der Waals surface area contributed by atoms with E-state index in [9.17, 15) is 9.59 Å². The predicted octanol–water partition coefficient (Wildman–Crippen LogP) is 2.37. The van der Waals surface area contributed by atoms with E-state index in [0.717, 1.165) is 6.42 Å². The van der Waals surface area contributed by atoms with Crippen LogP contribution in [0.3, 0.4) is 0 Å². The van der Waals surface area contributed by atoms with Crippen LogP contribution in [0.1, 0.15) is 46.5 Å². The first-order chi connectivity index (χ1) is 9.04. The Kier molecular flexibility index (Phi) is 7.28. The number of esters is 1. The Hall–Kier alpha value is -0.710. The number of ether oxygens (including phenoxy) is 1. The Bertz CT molecular complexity index is 309. The lowest BCUT2D eigenvalue weighted by molar-refractivity contribution is -0.139. The van der Waals surface area contributed by atoms with Gasteiger partial charge in [0.1, 0.15) is 0 Å². The van der Waals surface area contributed by atoms with Gasteiger partial charge in [-0.2, -0.15) is 0 Å². The maximum Gasteiger partial charge on any atom is 0.315 e. The third-order valence-corrected chi connectivity index (χ3v) is 4.68. The number of thioether (sulfide) groups is 1. The number of amides is 1. The second kappa shape index (κ2) is 8.46. The van der Waals surface area contributed by atoms with E-state index in [0.29, 0.717) is 18.6 Å². The number of nitrogens with one attached hydrogen (secondary N) is 1. The van der Waals surface area contributed by atoms with Crippen molar-refractivity contribution >= 4 is 23.6 Å². The average molecular weight is 287 g/mol. The molecule has 0 saturated heterocycles. The summed E-state index contributed by atoms with van der Waals surface area (Å²) in [6, 6.07) is 0.298. The second-order valence-corrected chi connectivity index (χ2v) is 6.46. The summed E-state index contributed by atoms with van der Waals surface area (Å²) >= 11 is 1.34. The van der Waals surface area contributed by atoms with Gasteiger partial charge in [0.05, 0.1) is 17.6 Å². The molecule has 1 rings (SSSR count). The summed E-state index contributed by atoms with van der Waals surface area (Å²) in [4.78, 5) is 23.3. The number of hydrogen-bond acceptors (Lipinski definition) is 4. The third-order valence-electron chi connectivity index (χ3n) is 3.56. The Morgan fingerprint density at radius 2 is 2.05 bits per heavy atom. The number of carbonyl (C=O) groups is 2. The van der Waals surface area contributed by atoms with Crippen molar-refractivity contribution < 1.29 is 14.3 Å². The van der Waals surface area contributed by atoms with Crippen LogP contribution < -0.4 is 5.32 Å². The summed E-state index contributed by atoms with van der Waals surface area (Å²) in [6.45, 7) is 6.20. The molecule has 1 amide bonds. The van der Waals surface area contributed by atoms with E-state index >= 15 is 0 Å². The topological polar surface area (TPSA) is 55.4 Å². The van der Waals surface area contributed by atoms with E-state index in [1.54, 1.807) is 6.92 Å². The summed E-state index contributed by atoms with van der Waals surface area (Å²) in [6.07, 6.45) is 4.72. The highest BCUT2D eigenvalue weighted by Crippen LogP contribution is 2.24. The molecule has 3 unspecified atom stereocenters. The second-order valence-electron chi connectivity index (χ2n) is 5.14. The molecule has 4 nitrogen and oxygen atoms in total. The fraction of sp³-hybridized carbons (Fsp3) is 0.857. The van der Waals surface area contributed by atoms with E-state index in [4.69, 9.17) is 4.74 Å². The minimum absolute atomic E-state index is 0.0352. The van der Waals surface area contributed by atoms with Gasteiger partial charge in [-0.05, 0) is 32.6 Å². The fourth-order valence-corrected chi connectivity index (χ4v) is 2.99. The standard InChI is InChI=1S/C14H25NO3S/c1-4-18-13(16)9-19-11(3)14(17)15-12-8-6-5-7-10(12)2/h10-12H,4-9H2,1-3H3,(H,15,17).